The molecule has 0 spiro atoms. The fourth-order valence-electron chi connectivity index (χ4n) is 4.26. The van der Waals surface area contributed by atoms with E-state index in [9.17, 15) is 13.2 Å². The standard InChI is InChI=1S/C26H34N4O3S2/c1-19-12-16-29(17-13-19)35(32,33)22-9-7-21(8-10-22)25(31)30(15-5-14-28(3)4)26-27-23-11-6-20(2)18-24(23)34-26/h6-11,18-19H,5,12-17H2,1-4H3. The van der Waals surface area contributed by atoms with Crippen molar-refractivity contribution in [3.8, 4) is 0 Å². The highest BCUT2D eigenvalue weighted by atomic mass is 32.2. The minimum atomic E-state index is -3.55. The number of nitrogens with zero attached hydrogens (tertiary/aromatic N) is 4. The molecule has 1 aromatic heterocycles. The summed E-state index contributed by atoms with van der Waals surface area (Å²) in [7, 11) is 0.465. The van der Waals surface area contributed by atoms with Gasteiger partial charge in [0.2, 0.25) is 10.0 Å². The maximum atomic E-state index is 13.6. The molecule has 0 atom stereocenters. The third-order valence-electron chi connectivity index (χ3n) is 6.48. The van der Waals surface area contributed by atoms with Crippen LogP contribution in [0.5, 0.6) is 0 Å². The fourth-order valence-corrected chi connectivity index (χ4v) is 6.82. The van der Waals surface area contributed by atoms with Crippen LogP contribution >= 0.6 is 11.3 Å². The molecular formula is C26H34N4O3S2. The Bertz CT molecular complexity index is 1280. The number of piperidine rings is 1. The van der Waals surface area contributed by atoms with Crippen LogP contribution in [0.15, 0.2) is 47.4 Å². The summed E-state index contributed by atoms with van der Waals surface area (Å²) in [5.74, 6) is 0.377. The summed E-state index contributed by atoms with van der Waals surface area (Å²) in [6.07, 6.45) is 2.55. The van der Waals surface area contributed by atoms with Gasteiger partial charge in [0.05, 0.1) is 15.1 Å². The van der Waals surface area contributed by atoms with Crippen LogP contribution < -0.4 is 4.90 Å². The predicted molar refractivity (Wildman–Crippen MR) is 143 cm³/mol. The minimum Gasteiger partial charge on any atom is -0.309 e. The van der Waals surface area contributed by atoms with Gasteiger partial charge in [-0.25, -0.2) is 13.4 Å². The van der Waals surface area contributed by atoms with Crippen molar-refractivity contribution in [3.05, 3.63) is 53.6 Å². The van der Waals surface area contributed by atoms with Gasteiger partial charge in [-0.2, -0.15) is 4.31 Å². The SMILES string of the molecule is Cc1ccc2nc(N(CCCN(C)C)C(=O)c3ccc(S(=O)(=O)N4CCC(C)CC4)cc3)sc2c1. The Labute approximate surface area is 212 Å². The third-order valence-corrected chi connectivity index (χ3v) is 9.43. The molecule has 35 heavy (non-hydrogen) atoms. The van der Waals surface area contributed by atoms with E-state index >= 15 is 0 Å². The zero-order chi connectivity index (χ0) is 25.2. The van der Waals surface area contributed by atoms with Gasteiger partial charge >= 0.3 is 0 Å². The number of hydrogen-bond acceptors (Lipinski definition) is 6. The minimum absolute atomic E-state index is 0.171. The summed E-state index contributed by atoms with van der Waals surface area (Å²) in [6.45, 7) is 6.66. The van der Waals surface area contributed by atoms with Crippen LogP contribution in [0.25, 0.3) is 10.2 Å². The van der Waals surface area contributed by atoms with Crippen molar-refractivity contribution in [2.75, 3.05) is 45.2 Å². The number of aromatic nitrogens is 1. The first kappa shape index (κ1) is 25.8. The highest BCUT2D eigenvalue weighted by molar-refractivity contribution is 7.89. The molecular weight excluding hydrogens is 480 g/mol. The Hall–Kier alpha value is -2.33. The maximum absolute atomic E-state index is 13.6. The number of thiazole rings is 1. The second kappa shape index (κ2) is 10.7. The van der Waals surface area contributed by atoms with Crippen LogP contribution in [-0.2, 0) is 10.0 Å². The number of hydrogen-bond donors (Lipinski definition) is 0. The molecule has 0 unspecified atom stereocenters. The highest BCUT2D eigenvalue weighted by Gasteiger charge is 2.28. The number of amides is 1. The number of sulfonamides is 1. The number of carbonyl (C=O) groups excluding carboxylic acids is 1. The second-order valence-corrected chi connectivity index (χ2v) is 12.6. The van der Waals surface area contributed by atoms with Gasteiger partial charge < -0.3 is 4.90 Å². The fraction of sp³-hybridized carbons (Fsp3) is 0.462. The second-order valence-electron chi connectivity index (χ2n) is 9.69. The Morgan fingerprint density at radius 3 is 2.43 bits per heavy atom. The van der Waals surface area contributed by atoms with Gasteiger partial charge in [0.15, 0.2) is 5.13 Å². The third kappa shape index (κ3) is 5.91. The van der Waals surface area contributed by atoms with E-state index in [1.165, 1.54) is 11.3 Å². The number of rotatable bonds is 8. The van der Waals surface area contributed by atoms with Crippen molar-refractivity contribution in [1.82, 2.24) is 14.2 Å². The average molecular weight is 515 g/mol. The number of fused-ring (bicyclic) bond motifs is 1. The molecule has 1 saturated heterocycles. The van der Waals surface area contributed by atoms with Crippen LogP contribution in [0.1, 0.15) is 42.1 Å². The molecule has 4 rings (SSSR count). The molecule has 0 N–H and O–H groups in total. The molecule has 3 aromatic rings. The summed E-state index contributed by atoms with van der Waals surface area (Å²) in [4.78, 5) is 22.4. The first-order chi connectivity index (χ1) is 16.6. The molecule has 188 valence electrons. The van der Waals surface area contributed by atoms with Gasteiger partial charge in [0.1, 0.15) is 0 Å². The van der Waals surface area contributed by atoms with Gasteiger partial charge in [0, 0.05) is 25.2 Å². The van der Waals surface area contributed by atoms with Crippen molar-refractivity contribution in [1.29, 1.82) is 0 Å². The van der Waals surface area contributed by atoms with Crippen LogP contribution in [0, 0.1) is 12.8 Å². The number of benzene rings is 2. The van der Waals surface area contributed by atoms with E-state index < -0.39 is 10.0 Å². The van der Waals surface area contributed by atoms with Gasteiger partial charge in [-0.1, -0.05) is 24.3 Å². The number of aryl methyl sites for hydroxylation is 1. The number of carbonyl (C=O) groups is 1. The summed E-state index contributed by atoms with van der Waals surface area (Å²) in [6, 6.07) is 12.4. The lowest BCUT2D eigenvalue weighted by Gasteiger charge is -2.29. The lowest BCUT2D eigenvalue weighted by molar-refractivity contribution is 0.0986. The Kier molecular flexibility index (Phi) is 7.90. The monoisotopic (exact) mass is 514 g/mol. The summed E-state index contributed by atoms with van der Waals surface area (Å²) < 4.78 is 28.8. The maximum Gasteiger partial charge on any atom is 0.260 e. The zero-order valence-electron chi connectivity index (χ0n) is 20.9. The molecule has 1 aliphatic rings. The molecule has 0 radical (unpaired) electrons. The van der Waals surface area contributed by atoms with E-state index in [1.807, 2.05) is 33.2 Å². The molecule has 2 aromatic carbocycles. The molecule has 2 heterocycles. The largest absolute Gasteiger partial charge is 0.309 e. The normalized spacial score (nSPS) is 15.7. The molecule has 0 saturated carbocycles. The van der Waals surface area contributed by atoms with Gasteiger partial charge in [-0.05, 0) is 94.7 Å². The van der Waals surface area contributed by atoms with Gasteiger partial charge in [0.25, 0.3) is 5.91 Å². The predicted octanol–water partition coefficient (Wildman–Crippen LogP) is 4.62. The van der Waals surface area contributed by atoms with Crippen LogP contribution in [0.4, 0.5) is 5.13 Å². The number of anilines is 1. The zero-order valence-corrected chi connectivity index (χ0v) is 22.5. The first-order valence-electron chi connectivity index (χ1n) is 12.1. The summed E-state index contributed by atoms with van der Waals surface area (Å²) >= 11 is 1.51. The average Bonchev–Trinajstić information content (AvgIpc) is 3.24. The van der Waals surface area contributed by atoms with Crippen molar-refractivity contribution in [2.24, 2.45) is 5.92 Å². The van der Waals surface area contributed by atoms with Gasteiger partial charge in [-0.15, -0.1) is 0 Å². The van der Waals surface area contributed by atoms with Crippen molar-refractivity contribution in [3.63, 3.8) is 0 Å². The van der Waals surface area contributed by atoms with E-state index in [0.29, 0.717) is 36.2 Å². The molecule has 1 fully saturated rings. The van der Waals surface area contributed by atoms with E-state index in [0.717, 1.165) is 41.6 Å². The highest BCUT2D eigenvalue weighted by Crippen LogP contribution is 2.31. The van der Waals surface area contributed by atoms with E-state index in [-0.39, 0.29) is 10.8 Å². The van der Waals surface area contributed by atoms with E-state index in [4.69, 9.17) is 4.98 Å². The van der Waals surface area contributed by atoms with Crippen LogP contribution in [-0.4, -0.2) is 68.8 Å². The molecule has 0 aliphatic carbocycles. The molecule has 7 nitrogen and oxygen atoms in total. The van der Waals surface area contributed by atoms with Crippen molar-refractivity contribution in [2.45, 2.75) is 38.0 Å². The van der Waals surface area contributed by atoms with Crippen LogP contribution in [0.3, 0.4) is 0 Å². The van der Waals surface area contributed by atoms with E-state index in [1.54, 1.807) is 33.5 Å². The van der Waals surface area contributed by atoms with E-state index in [2.05, 4.69) is 17.9 Å². The molecule has 9 heteroatoms. The quantitative estimate of drug-likeness (QED) is 0.438. The van der Waals surface area contributed by atoms with Crippen LogP contribution in [0.2, 0.25) is 0 Å². The summed E-state index contributed by atoms with van der Waals surface area (Å²) in [5, 5.41) is 0.661. The topological polar surface area (TPSA) is 73.8 Å². The van der Waals surface area contributed by atoms with Crippen molar-refractivity contribution < 1.29 is 13.2 Å². The van der Waals surface area contributed by atoms with Crippen molar-refractivity contribution >= 4 is 42.6 Å². The molecule has 0 bridgehead atoms. The Balaban J connectivity index is 1.58. The molecule has 1 aliphatic heterocycles. The Morgan fingerprint density at radius 2 is 1.77 bits per heavy atom. The molecule has 1 amide bonds. The lowest BCUT2D eigenvalue weighted by atomic mass is 10.0. The smallest absolute Gasteiger partial charge is 0.260 e. The Morgan fingerprint density at radius 1 is 1.09 bits per heavy atom. The summed E-state index contributed by atoms with van der Waals surface area (Å²) in [5.41, 5.74) is 2.48. The first-order valence-corrected chi connectivity index (χ1v) is 14.3. The lowest BCUT2D eigenvalue weighted by Crippen LogP contribution is -2.38. The van der Waals surface area contributed by atoms with Gasteiger partial charge in [-0.3, -0.25) is 9.69 Å².